The summed E-state index contributed by atoms with van der Waals surface area (Å²) < 4.78 is 6.68. The van der Waals surface area contributed by atoms with Gasteiger partial charge in [-0.1, -0.05) is 0 Å². The molecule has 44 valence electrons. The van der Waals surface area contributed by atoms with Crippen molar-refractivity contribution in [3.05, 3.63) is 12.3 Å². The van der Waals surface area contributed by atoms with Crippen LogP contribution in [-0.4, -0.2) is 12.2 Å². The second-order valence-electron chi connectivity index (χ2n) is 1.61. The summed E-state index contributed by atoms with van der Waals surface area (Å²) in [6, 6.07) is 1.86. The number of aryl methyl sites for hydroxylation is 1. The average Bonchev–Trinajstić information content (AvgIpc) is 2.14. The van der Waals surface area contributed by atoms with Crippen molar-refractivity contribution in [2.75, 3.05) is 7.11 Å². The number of methoxy groups -OCH3 is 1. The number of ether oxygens (including phenoxy) is 1. The van der Waals surface area contributed by atoms with Crippen LogP contribution in [0, 0.1) is 0 Å². The van der Waals surface area contributed by atoms with Gasteiger partial charge in [0, 0.05) is 0 Å². The van der Waals surface area contributed by atoms with Gasteiger partial charge in [-0.2, -0.15) is 0 Å². The number of aromatic nitrogens is 2. The number of H-pyrrole nitrogens is 1. The van der Waals surface area contributed by atoms with E-state index < -0.39 is 0 Å². The Balaban J connectivity index is 2.84. The third-order valence-electron chi connectivity index (χ3n) is 0.956. The molecule has 8 heavy (non-hydrogen) atoms. The van der Waals surface area contributed by atoms with E-state index in [-0.39, 0.29) is 0 Å². The number of aromatic amines is 1. The minimum atomic E-state index is 0.785. The van der Waals surface area contributed by atoms with Gasteiger partial charge in [0.2, 0.25) is 5.88 Å². The molecular weight excluding hydrogens is 104 g/mol. The van der Waals surface area contributed by atoms with Crippen LogP contribution in [0.3, 0.4) is 0 Å². The molecule has 0 saturated carbocycles. The van der Waals surface area contributed by atoms with Gasteiger partial charge in [-0.3, -0.25) is 0 Å². The molecule has 3 nitrogen and oxygen atoms in total. The Bertz CT molecular complexity index is 171. The van der Waals surface area contributed by atoms with Crippen molar-refractivity contribution in [1.82, 2.24) is 5.10 Å². The van der Waals surface area contributed by atoms with Crippen LogP contribution < -0.4 is 9.42 Å². The summed E-state index contributed by atoms with van der Waals surface area (Å²) in [6.07, 6.45) is 1.89. The molecule has 1 heterocycles. The van der Waals surface area contributed by atoms with Gasteiger partial charge in [-0.05, 0) is 0 Å². The molecule has 1 aromatic rings. The SMILES string of the molecule is COc1cc[n+](C)[nH]1. The highest BCUT2D eigenvalue weighted by Crippen LogP contribution is 1.96. The van der Waals surface area contributed by atoms with Gasteiger partial charge >= 0.3 is 0 Å². The molecule has 1 N–H and O–H groups in total. The summed E-state index contributed by atoms with van der Waals surface area (Å²) in [4.78, 5) is 0. The maximum atomic E-state index is 4.86. The van der Waals surface area contributed by atoms with Crippen LogP contribution in [0.1, 0.15) is 0 Å². The lowest BCUT2D eigenvalue weighted by atomic mass is 10.7. The third-order valence-corrected chi connectivity index (χ3v) is 0.956. The fraction of sp³-hybridized carbons (Fsp3) is 0.400. The standard InChI is InChI=1S/C5H8N2O/c1-7-4-3-5(6-7)8-2/h3-4H,1-2H3/p+1. The first kappa shape index (κ1) is 5.15. The topological polar surface area (TPSA) is 28.9 Å². The van der Waals surface area contributed by atoms with E-state index >= 15 is 0 Å². The van der Waals surface area contributed by atoms with Gasteiger partial charge in [0.15, 0.2) is 13.2 Å². The van der Waals surface area contributed by atoms with Gasteiger partial charge < -0.3 is 4.74 Å². The number of nitrogens with zero attached hydrogens (tertiary/aromatic N) is 1. The summed E-state index contributed by atoms with van der Waals surface area (Å²) in [5.41, 5.74) is 0. The highest BCUT2D eigenvalue weighted by atomic mass is 16.5. The summed E-state index contributed by atoms with van der Waals surface area (Å²) in [6.45, 7) is 0. The van der Waals surface area contributed by atoms with Crippen molar-refractivity contribution in [2.45, 2.75) is 0 Å². The summed E-state index contributed by atoms with van der Waals surface area (Å²) in [5, 5.41) is 2.92. The second kappa shape index (κ2) is 1.86. The van der Waals surface area contributed by atoms with Crippen LogP contribution in [0.5, 0.6) is 5.88 Å². The van der Waals surface area contributed by atoms with E-state index in [4.69, 9.17) is 4.74 Å². The van der Waals surface area contributed by atoms with E-state index in [1.807, 2.05) is 24.0 Å². The molecule has 1 rings (SSSR count). The number of hydrogen-bond donors (Lipinski definition) is 1. The lowest BCUT2D eigenvalue weighted by molar-refractivity contribution is -0.727. The lowest BCUT2D eigenvalue weighted by Gasteiger charge is -1.85. The minimum Gasteiger partial charge on any atom is -0.479 e. The third kappa shape index (κ3) is 0.804. The van der Waals surface area contributed by atoms with E-state index in [9.17, 15) is 0 Å². The Kier molecular flexibility index (Phi) is 1.20. The zero-order chi connectivity index (χ0) is 5.98. The van der Waals surface area contributed by atoms with Crippen LogP contribution in [-0.2, 0) is 7.05 Å². The largest absolute Gasteiger partial charge is 0.479 e. The first-order valence-corrected chi connectivity index (χ1v) is 2.41. The van der Waals surface area contributed by atoms with E-state index in [2.05, 4.69) is 5.10 Å². The quantitative estimate of drug-likeness (QED) is 0.504. The van der Waals surface area contributed by atoms with Crippen molar-refractivity contribution < 1.29 is 9.42 Å². The zero-order valence-corrected chi connectivity index (χ0v) is 5.01. The van der Waals surface area contributed by atoms with Gasteiger partial charge in [-0.15, -0.1) is 9.78 Å². The Labute approximate surface area is 47.9 Å². The molecule has 0 radical (unpaired) electrons. The maximum Gasteiger partial charge on any atom is 0.249 e. The van der Waals surface area contributed by atoms with Crippen molar-refractivity contribution >= 4 is 0 Å². The molecule has 0 aromatic carbocycles. The molecule has 0 atom stereocenters. The molecule has 0 unspecified atom stereocenters. The maximum absolute atomic E-state index is 4.86. The summed E-state index contributed by atoms with van der Waals surface area (Å²) in [5.74, 6) is 0.785. The fourth-order valence-electron chi connectivity index (χ4n) is 0.542. The number of hydrogen-bond acceptors (Lipinski definition) is 1. The normalized spacial score (nSPS) is 9.25. The highest BCUT2D eigenvalue weighted by Gasteiger charge is 1.95. The van der Waals surface area contributed by atoms with Crippen LogP contribution in [0.4, 0.5) is 0 Å². The molecule has 0 aliphatic carbocycles. The molecule has 0 saturated heterocycles. The zero-order valence-electron chi connectivity index (χ0n) is 5.01. The van der Waals surface area contributed by atoms with Crippen LogP contribution in [0.25, 0.3) is 0 Å². The molecule has 0 aliphatic rings. The van der Waals surface area contributed by atoms with Crippen LogP contribution >= 0.6 is 0 Å². The van der Waals surface area contributed by atoms with E-state index in [1.54, 1.807) is 7.11 Å². The Morgan fingerprint density at radius 1 is 1.75 bits per heavy atom. The second-order valence-corrected chi connectivity index (χ2v) is 1.61. The molecule has 0 aliphatic heterocycles. The van der Waals surface area contributed by atoms with Crippen molar-refractivity contribution in [2.24, 2.45) is 7.05 Å². The fourth-order valence-corrected chi connectivity index (χ4v) is 0.542. The Morgan fingerprint density at radius 2 is 2.50 bits per heavy atom. The van der Waals surface area contributed by atoms with E-state index in [1.165, 1.54) is 0 Å². The van der Waals surface area contributed by atoms with Crippen molar-refractivity contribution in [1.29, 1.82) is 0 Å². The first-order chi connectivity index (χ1) is 3.83. The first-order valence-electron chi connectivity index (χ1n) is 2.41. The Morgan fingerprint density at radius 3 is 2.75 bits per heavy atom. The van der Waals surface area contributed by atoms with Crippen LogP contribution in [0.15, 0.2) is 12.3 Å². The van der Waals surface area contributed by atoms with Gasteiger partial charge in [0.25, 0.3) is 0 Å². The number of rotatable bonds is 1. The molecule has 1 aromatic heterocycles. The van der Waals surface area contributed by atoms with Gasteiger partial charge in [0.1, 0.15) is 0 Å². The smallest absolute Gasteiger partial charge is 0.249 e. The molecule has 0 fully saturated rings. The Hall–Kier alpha value is -0.990. The molecule has 3 heteroatoms. The molecule has 0 bridgehead atoms. The van der Waals surface area contributed by atoms with Gasteiger partial charge in [0.05, 0.1) is 13.2 Å². The van der Waals surface area contributed by atoms with Crippen molar-refractivity contribution in [3.8, 4) is 5.88 Å². The average molecular weight is 113 g/mol. The summed E-state index contributed by atoms with van der Waals surface area (Å²) in [7, 11) is 3.54. The molecule has 0 spiro atoms. The van der Waals surface area contributed by atoms with E-state index in [0.29, 0.717) is 0 Å². The predicted octanol–water partition coefficient (Wildman–Crippen LogP) is -0.152. The van der Waals surface area contributed by atoms with Gasteiger partial charge in [-0.25, -0.2) is 0 Å². The summed E-state index contributed by atoms with van der Waals surface area (Å²) >= 11 is 0. The monoisotopic (exact) mass is 113 g/mol. The van der Waals surface area contributed by atoms with Crippen molar-refractivity contribution in [3.63, 3.8) is 0 Å². The van der Waals surface area contributed by atoms with E-state index in [0.717, 1.165) is 5.88 Å². The molecule has 0 amide bonds. The van der Waals surface area contributed by atoms with Crippen LogP contribution in [0.2, 0.25) is 0 Å². The molecular formula is C5H9N2O+. The minimum absolute atomic E-state index is 0.785. The highest BCUT2D eigenvalue weighted by molar-refractivity contribution is 5.00. The lowest BCUT2D eigenvalue weighted by Crippen LogP contribution is -2.28. The predicted molar refractivity (Wildman–Crippen MR) is 28.5 cm³/mol. The number of nitrogens with one attached hydrogen (secondary N) is 1.